The van der Waals surface area contributed by atoms with Crippen LogP contribution < -0.4 is 15.1 Å². The molecule has 1 unspecified atom stereocenters. The van der Waals surface area contributed by atoms with Gasteiger partial charge in [-0.25, -0.2) is 4.39 Å². The molecule has 0 saturated heterocycles. The van der Waals surface area contributed by atoms with Gasteiger partial charge in [-0.1, -0.05) is 48.5 Å². The Morgan fingerprint density at radius 1 is 0.850 bits per heavy atom. The average molecular weight is 545 g/mol. The van der Waals surface area contributed by atoms with Crippen LogP contribution in [0.1, 0.15) is 38.9 Å². The van der Waals surface area contributed by atoms with E-state index in [0.717, 1.165) is 34.7 Å². The molecule has 1 aliphatic rings. The smallest absolute Gasteiger partial charge is 0.416 e. The molecule has 4 aromatic carbocycles. The highest BCUT2D eigenvalue weighted by atomic mass is 19.4. The highest BCUT2D eigenvalue weighted by Gasteiger charge is 2.44. The third-order valence-corrected chi connectivity index (χ3v) is 6.71. The van der Waals surface area contributed by atoms with E-state index in [2.05, 4.69) is 0 Å². The second kappa shape index (κ2) is 9.68. The summed E-state index contributed by atoms with van der Waals surface area (Å²) in [5.41, 5.74) is -0.490. The zero-order valence-corrected chi connectivity index (χ0v) is 20.6. The molecule has 0 fully saturated rings. The summed E-state index contributed by atoms with van der Waals surface area (Å²) >= 11 is 0. The average Bonchev–Trinajstić information content (AvgIpc) is 3.25. The molecule has 0 radical (unpaired) electrons. The van der Waals surface area contributed by atoms with E-state index in [1.807, 2.05) is 30.3 Å². The van der Waals surface area contributed by atoms with Crippen LogP contribution in [0.2, 0.25) is 0 Å². The summed E-state index contributed by atoms with van der Waals surface area (Å²) in [5, 5.41) is -0.0843. The molecule has 0 bridgehead atoms. The summed E-state index contributed by atoms with van der Waals surface area (Å²) < 4.78 is 66.5. The molecule has 0 N–H and O–H groups in total. The van der Waals surface area contributed by atoms with Crippen LogP contribution in [0.15, 0.2) is 106 Å². The number of carbonyl (C=O) groups is 1. The topological polar surface area (TPSA) is 59.8 Å². The van der Waals surface area contributed by atoms with Crippen molar-refractivity contribution in [2.24, 2.45) is 0 Å². The lowest BCUT2D eigenvalue weighted by molar-refractivity contribution is -0.137. The summed E-state index contributed by atoms with van der Waals surface area (Å²) in [6, 6.07) is 22.5. The minimum atomic E-state index is -4.66. The molecular weight excluding hydrogens is 526 g/mol. The molecule has 1 aromatic heterocycles. The van der Waals surface area contributed by atoms with Crippen LogP contribution in [0.5, 0.6) is 5.75 Å². The molecule has 1 atom stereocenters. The van der Waals surface area contributed by atoms with E-state index in [9.17, 15) is 27.2 Å². The minimum absolute atomic E-state index is 0.0110. The third kappa shape index (κ3) is 4.49. The van der Waals surface area contributed by atoms with Crippen molar-refractivity contribution in [3.05, 3.63) is 141 Å². The fourth-order valence-electron chi connectivity index (χ4n) is 4.87. The van der Waals surface area contributed by atoms with Crippen LogP contribution in [-0.4, -0.2) is 5.91 Å². The van der Waals surface area contributed by atoms with Crippen LogP contribution in [-0.2, 0) is 12.8 Å². The van der Waals surface area contributed by atoms with Gasteiger partial charge in [0.05, 0.1) is 22.6 Å². The first-order valence-electron chi connectivity index (χ1n) is 12.2. The summed E-state index contributed by atoms with van der Waals surface area (Å²) in [5.74, 6) is -1.37. The van der Waals surface area contributed by atoms with E-state index in [4.69, 9.17) is 9.15 Å². The predicted octanol–water partition coefficient (Wildman–Crippen LogP) is 7.28. The Balaban J connectivity index is 1.51. The number of hydrogen-bond donors (Lipinski definition) is 0. The molecule has 0 aliphatic carbocycles. The number of benzene rings is 4. The second-order valence-electron chi connectivity index (χ2n) is 9.29. The van der Waals surface area contributed by atoms with E-state index in [-0.39, 0.29) is 34.6 Å². The van der Waals surface area contributed by atoms with Gasteiger partial charge in [0.1, 0.15) is 23.8 Å². The summed E-state index contributed by atoms with van der Waals surface area (Å²) in [7, 11) is 0. The van der Waals surface area contributed by atoms with Gasteiger partial charge in [-0.2, -0.15) is 13.2 Å². The molecular formula is C31H19F4NO4. The van der Waals surface area contributed by atoms with E-state index in [1.54, 1.807) is 24.3 Å². The van der Waals surface area contributed by atoms with Gasteiger partial charge in [0.2, 0.25) is 5.76 Å². The molecule has 1 amide bonds. The second-order valence-corrected chi connectivity index (χ2v) is 9.29. The SMILES string of the molecule is O=C1c2oc3ccc(F)cc3c(=O)c2C(c2cccc(OCc3ccccc3)c2)N1c1cccc(C(F)(F)F)c1. The monoisotopic (exact) mass is 545 g/mol. The normalized spacial score (nSPS) is 14.9. The Bertz CT molecular complexity index is 1810. The molecule has 2 heterocycles. The molecule has 0 saturated carbocycles. The Hall–Kier alpha value is -4.92. The number of ether oxygens (including phenoxy) is 1. The maximum atomic E-state index is 14.1. The maximum Gasteiger partial charge on any atom is 0.416 e. The number of rotatable bonds is 5. The van der Waals surface area contributed by atoms with Crippen LogP contribution in [0.3, 0.4) is 0 Å². The van der Waals surface area contributed by atoms with Crippen molar-refractivity contribution in [2.75, 3.05) is 4.90 Å². The highest BCUT2D eigenvalue weighted by Crippen LogP contribution is 2.43. The lowest BCUT2D eigenvalue weighted by Crippen LogP contribution is -2.29. The summed E-state index contributed by atoms with van der Waals surface area (Å²) in [4.78, 5) is 28.5. The molecule has 6 rings (SSSR count). The lowest BCUT2D eigenvalue weighted by atomic mass is 9.98. The van der Waals surface area contributed by atoms with Crippen LogP contribution in [0.4, 0.5) is 23.2 Å². The van der Waals surface area contributed by atoms with Crippen LogP contribution in [0.25, 0.3) is 11.0 Å². The molecule has 9 heteroatoms. The van der Waals surface area contributed by atoms with E-state index < -0.39 is 34.9 Å². The Morgan fingerprint density at radius 3 is 2.40 bits per heavy atom. The van der Waals surface area contributed by atoms with Gasteiger partial charge in [0, 0.05) is 5.69 Å². The van der Waals surface area contributed by atoms with Gasteiger partial charge in [-0.3, -0.25) is 14.5 Å². The van der Waals surface area contributed by atoms with Gasteiger partial charge in [0.15, 0.2) is 5.43 Å². The first kappa shape index (κ1) is 25.4. The van der Waals surface area contributed by atoms with Crippen molar-refractivity contribution in [3.8, 4) is 5.75 Å². The number of alkyl halides is 3. The van der Waals surface area contributed by atoms with E-state index >= 15 is 0 Å². The van der Waals surface area contributed by atoms with Gasteiger partial charge in [0.25, 0.3) is 5.91 Å². The van der Waals surface area contributed by atoms with Crippen LogP contribution >= 0.6 is 0 Å². The molecule has 1 aliphatic heterocycles. The number of nitrogens with zero attached hydrogens (tertiary/aromatic N) is 1. The zero-order valence-electron chi connectivity index (χ0n) is 20.6. The number of amides is 1. The van der Waals surface area contributed by atoms with Crippen molar-refractivity contribution in [1.29, 1.82) is 0 Å². The molecule has 40 heavy (non-hydrogen) atoms. The zero-order chi connectivity index (χ0) is 28.0. The number of hydrogen-bond acceptors (Lipinski definition) is 4. The van der Waals surface area contributed by atoms with E-state index in [0.29, 0.717) is 11.3 Å². The Kier molecular flexibility index (Phi) is 6.14. The highest BCUT2D eigenvalue weighted by molar-refractivity contribution is 6.10. The molecule has 5 aromatic rings. The quantitative estimate of drug-likeness (QED) is 0.218. The van der Waals surface area contributed by atoms with Crippen molar-refractivity contribution >= 4 is 22.6 Å². The van der Waals surface area contributed by atoms with Gasteiger partial charge in [-0.05, 0) is 59.7 Å². The first-order chi connectivity index (χ1) is 19.2. The third-order valence-electron chi connectivity index (χ3n) is 6.71. The number of anilines is 1. The van der Waals surface area contributed by atoms with Gasteiger partial charge >= 0.3 is 6.18 Å². The molecule has 200 valence electrons. The number of halogens is 4. The van der Waals surface area contributed by atoms with Crippen LogP contribution in [0, 0.1) is 5.82 Å². The van der Waals surface area contributed by atoms with Crippen molar-refractivity contribution in [3.63, 3.8) is 0 Å². The molecule has 0 spiro atoms. The molecule has 5 nitrogen and oxygen atoms in total. The number of fused-ring (bicyclic) bond motifs is 2. The fourth-order valence-corrected chi connectivity index (χ4v) is 4.87. The predicted molar refractivity (Wildman–Crippen MR) is 140 cm³/mol. The van der Waals surface area contributed by atoms with E-state index in [1.165, 1.54) is 18.2 Å². The summed E-state index contributed by atoms with van der Waals surface area (Å²) in [6.07, 6.45) is -4.66. The fraction of sp³-hybridized carbons (Fsp3) is 0.0968. The van der Waals surface area contributed by atoms with Crippen molar-refractivity contribution in [1.82, 2.24) is 0 Å². The van der Waals surface area contributed by atoms with Crippen molar-refractivity contribution in [2.45, 2.75) is 18.8 Å². The van der Waals surface area contributed by atoms with Gasteiger partial charge < -0.3 is 9.15 Å². The first-order valence-corrected chi connectivity index (χ1v) is 12.2. The maximum absolute atomic E-state index is 14.1. The van der Waals surface area contributed by atoms with Crippen molar-refractivity contribution < 1.29 is 31.5 Å². The minimum Gasteiger partial charge on any atom is -0.489 e. The summed E-state index contributed by atoms with van der Waals surface area (Å²) in [6.45, 7) is 0.244. The number of carbonyl (C=O) groups excluding carboxylic acids is 1. The Labute approximate surface area is 224 Å². The Morgan fingerprint density at radius 2 is 1.62 bits per heavy atom. The van der Waals surface area contributed by atoms with Gasteiger partial charge in [-0.15, -0.1) is 0 Å². The lowest BCUT2D eigenvalue weighted by Gasteiger charge is -2.26. The largest absolute Gasteiger partial charge is 0.489 e. The standard InChI is InChI=1S/C31H19F4NO4/c32-21-12-13-25-24(16-21)28(37)26-27(19-8-4-11-23(14-19)39-17-18-6-2-1-3-7-18)36(30(38)29(26)40-25)22-10-5-9-20(15-22)31(33,34)35/h1-16,27H,17H2.